The number of rotatable bonds is 15. The first-order valence-corrected chi connectivity index (χ1v) is 13.5. The number of carbonyl (C=O) groups is 5. The van der Waals surface area contributed by atoms with Crippen molar-refractivity contribution in [2.45, 2.75) is 70.5 Å². The predicted molar refractivity (Wildman–Crippen MR) is 149 cm³/mol. The van der Waals surface area contributed by atoms with E-state index in [4.69, 9.17) is 0 Å². The summed E-state index contributed by atoms with van der Waals surface area (Å²) < 4.78 is 0. The van der Waals surface area contributed by atoms with Crippen molar-refractivity contribution >= 4 is 47.2 Å². The number of hydrazine groups is 1. The van der Waals surface area contributed by atoms with Crippen LogP contribution in [0.1, 0.15) is 47.5 Å². The third-order valence-corrected chi connectivity index (χ3v) is 6.40. The van der Waals surface area contributed by atoms with Crippen LogP contribution in [-0.2, 0) is 24.0 Å². The molecule has 40 heavy (non-hydrogen) atoms. The minimum absolute atomic E-state index is 0.0449. The fourth-order valence-corrected chi connectivity index (χ4v) is 4.18. The second-order valence-electron chi connectivity index (χ2n) is 9.79. The van der Waals surface area contributed by atoms with Crippen molar-refractivity contribution in [1.29, 1.82) is 0 Å². The van der Waals surface area contributed by atoms with E-state index >= 15 is 0 Å². The van der Waals surface area contributed by atoms with Crippen LogP contribution in [0, 0.1) is 16.0 Å². The first-order valence-electron chi connectivity index (χ1n) is 12.7. The first-order chi connectivity index (χ1) is 18.6. The molecule has 0 unspecified atom stereocenters. The molecule has 0 saturated heterocycles. The zero-order valence-electron chi connectivity index (χ0n) is 23.8. The topological polar surface area (TPSA) is 183 Å². The molecule has 14 nitrogen and oxygen atoms in total. The van der Waals surface area contributed by atoms with E-state index in [1.165, 1.54) is 43.9 Å². The molecule has 1 rings (SSSR count). The van der Waals surface area contributed by atoms with Crippen LogP contribution in [0.15, 0.2) is 29.2 Å². The maximum Gasteiger partial charge on any atom is 0.284 e. The van der Waals surface area contributed by atoms with Crippen LogP contribution in [-0.4, -0.2) is 83.1 Å². The Kier molecular flexibility index (Phi) is 14.1. The number of nitrogens with zero attached hydrogens (tertiary/aromatic N) is 3. The molecule has 0 aliphatic carbocycles. The quantitative estimate of drug-likeness (QED) is 0.133. The third kappa shape index (κ3) is 11.6. The van der Waals surface area contributed by atoms with Crippen molar-refractivity contribution in [3.63, 3.8) is 0 Å². The summed E-state index contributed by atoms with van der Waals surface area (Å²) in [4.78, 5) is 77.5. The Morgan fingerprint density at radius 3 is 2.10 bits per heavy atom. The summed E-state index contributed by atoms with van der Waals surface area (Å²) in [6.07, 6.45) is 0.328. The highest BCUT2D eigenvalue weighted by Gasteiger charge is 2.28. The van der Waals surface area contributed by atoms with E-state index in [2.05, 4.69) is 20.8 Å². The lowest BCUT2D eigenvalue weighted by molar-refractivity contribution is -0.387. The van der Waals surface area contributed by atoms with Gasteiger partial charge in [-0.1, -0.05) is 26.0 Å². The summed E-state index contributed by atoms with van der Waals surface area (Å²) >= 11 is 0.820. The van der Waals surface area contributed by atoms with E-state index in [0.717, 1.165) is 17.0 Å². The van der Waals surface area contributed by atoms with E-state index < -0.39 is 40.8 Å². The van der Waals surface area contributed by atoms with Crippen molar-refractivity contribution in [3.05, 3.63) is 34.4 Å². The molecule has 0 heterocycles. The fraction of sp³-hybridized carbons (Fsp3) is 0.560. The van der Waals surface area contributed by atoms with Gasteiger partial charge in [-0.15, -0.1) is 0 Å². The molecule has 0 radical (unpaired) electrons. The Morgan fingerprint density at radius 1 is 0.950 bits per heavy atom. The van der Waals surface area contributed by atoms with Gasteiger partial charge in [-0.2, -0.15) is 4.83 Å². The molecule has 0 bridgehead atoms. The average molecular weight is 582 g/mol. The minimum atomic E-state index is -1.08. The zero-order chi connectivity index (χ0) is 30.6. The summed E-state index contributed by atoms with van der Waals surface area (Å²) in [5, 5.41) is 20.1. The molecule has 4 N–H and O–H groups in total. The van der Waals surface area contributed by atoms with Crippen LogP contribution in [0.2, 0.25) is 0 Å². The van der Waals surface area contributed by atoms with Crippen LogP contribution in [0.5, 0.6) is 0 Å². The average Bonchev–Trinajstić information content (AvgIpc) is 2.86. The molecule has 5 amide bonds. The summed E-state index contributed by atoms with van der Waals surface area (Å²) in [7, 11) is 3.14. The number of para-hydroxylation sites is 1. The number of benzene rings is 1. The van der Waals surface area contributed by atoms with Gasteiger partial charge in [-0.25, -0.2) is 0 Å². The molecule has 0 fully saturated rings. The monoisotopic (exact) mass is 581 g/mol. The number of carbonyl (C=O) groups excluding carboxylic acids is 5. The standard InChI is InChI=1S/C25H39N7O7S/c1-15(2)14-19(28-18(5)33)24(36)26-16(3)23(35)27-17(4)25(37)31(13-12-22(34)30(6)7)29-40-21-11-9-8-10-20(21)32(38)39/h8-11,15-17,19,29H,12-14H2,1-7H3,(H,26,36)(H,27,35)(H,28,33)/t16-,17-,19-/m0/s1. The smallest absolute Gasteiger partial charge is 0.284 e. The normalized spacial score (nSPS) is 13.0. The lowest BCUT2D eigenvalue weighted by Crippen LogP contribution is -2.56. The molecule has 15 heteroatoms. The van der Waals surface area contributed by atoms with Crippen LogP contribution in [0.4, 0.5) is 5.69 Å². The molecule has 0 aliphatic rings. The van der Waals surface area contributed by atoms with Crippen molar-refractivity contribution in [1.82, 2.24) is 30.7 Å². The molecule has 0 spiro atoms. The van der Waals surface area contributed by atoms with Crippen LogP contribution < -0.4 is 20.8 Å². The molecule has 1 aromatic carbocycles. The van der Waals surface area contributed by atoms with Crippen LogP contribution in [0.25, 0.3) is 0 Å². The molecule has 3 atom stereocenters. The van der Waals surface area contributed by atoms with E-state index in [1.807, 2.05) is 13.8 Å². The van der Waals surface area contributed by atoms with Crippen molar-refractivity contribution in [2.75, 3.05) is 20.6 Å². The van der Waals surface area contributed by atoms with E-state index in [9.17, 15) is 34.1 Å². The number of nitro benzene ring substituents is 1. The third-order valence-electron chi connectivity index (χ3n) is 5.52. The highest BCUT2D eigenvalue weighted by molar-refractivity contribution is 7.97. The molecular weight excluding hydrogens is 542 g/mol. The van der Waals surface area contributed by atoms with Gasteiger partial charge in [-0.3, -0.25) is 39.1 Å². The van der Waals surface area contributed by atoms with E-state index in [-0.39, 0.29) is 41.3 Å². The Labute approximate surface area is 238 Å². The lowest BCUT2D eigenvalue weighted by atomic mass is 10.0. The van der Waals surface area contributed by atoms with Crippen molar-refractivity contribution in [2.24, 2.45) is 5.92 Å². The molecule has 222 valence electrons. The fourth-order valence-electron chi connectivity index (χ4n) is 3.39. The SMILES string of the molecule is CC(=O)N[C@@H](CC(C)C)C(=O)N[C@@H](C)C(=O)N[C@@H](C)C(=O)N(CCC(=O)N(C)C)NSc1ccccc1[N+](=O)[O-]. The number of nitro groups is 1. The van der Waals surface area contributed by atoms with Gasteiger partial charge >= 0.3 is 0 Å². The highest BCUT2D eigenvalue weighted by Crippen LogP contribution is 2.26. The van der Waals surface area contributed by atoms with Gasteiger partial charge in [0.05, 0.1) is 4.92 Å². The summed E-state index contributed by atoms with van der Waals surface area (Å²) in [5.74, 6) is -2.31. The van der Waals surface area contributed by atoms with Crippen LogP contribution in [0.3, 0.4) is 0 Å². The maximum absolute atomic E-state index is 13.2. The largest absolute Gasteiger partial charge is 0.349 e. The zero-order valence-corrected chi connectivity index (χ0v) is 24.7. The van der Waals surface area contributed by atoms with Gasteiger partial charge in [0, 0.05) is 40.1 Å². The van der Waals surface area contributed by atoms with Gasteiger partial charge in [0.25, 0.3) is 11.6 Å². The second-order valence-corrected chi connectivity index (χ2v) is 10.6. The number of amides is 5. The van der Waals surface area contributed by atoms with Gasteiger partial charge in [0.2, 0.25) is 23.6 Å². The molecule has 1 aromatic rings. The minimum Gasteiger partial charge on any atom is -0.349 e. The van der Waals surface area contributed by atoms with E-state index in [1.54, 1.807) is 20.2 Å². The maximum atomic E-state index is 13.2. The Balaban J connectivity index is 2.94. The Morgan fingerprint density at radius 2 is 1.55 bits per heavy atom. The summed E-state index contributed by atoms with van der Waals surface area (Å²) in [6, 6.07) is 3.02. The van der Waals surface area contributed by atoms with Gasteiger partial charge in [0.1, 0.15) is 23.0 Å². The van der Waals surface area contributed by atoms with Crippen LogP contribution >= 0.6 is 11.9 Å². The number of nitrogens with one attached hydrogen (secondary N) is 4. The highest BCUT2D eigenvalue weighted by atomic mass is 32.2. The molecule has 0 aliphatic heterocycles. The number of hydrogen-bond donors (Lipinski definition) is 4. The van der Waals surface area contributed by atoms with Gasteiger partial charge < -0.3 is 20.9 Å². The summed E-state index contributed by atoms with van der Waals surface area (Å²) in [6.45, 7) is 7.89. The van der Waals surface area contributed by atoms with Crippen molar-refractivity contribution in [3.8, 4) is 0 Å². The summed E-state index contributed by atoms with van der Waals surface area (Å²) in [5.41, 5.74) is -0.169. The lowest BCUT2D eigenvalue weighted by Gasteiger charge is -2.27. The molecule has 0 aromatic heterocycles. The van der Waals surface area contributed by atoms with E-state index in [0.29, 0.717) is 6.42 Å². The Hall–Kier alpha value is -3.72. The van der Waals surface area contributed by atoms with Gasteiger partial charge in [-0.05, 0) is 44.2 Å². The first kappa shape index (κ1) is 34.3. The predicted octanol–water partition coefficient (Wildman–Crippen LogP) is 0.974. The molecule has 0 saturated carbocycles. The second kappa shape index (κ2) is 16.4. The van der Waals surface area contributed by atoms with Gasteiger partial charge in [0.15, 0.2) is 0 Å². The number of hydrogen-bond acceptors (Lipinski definition) is 9. The molecular formula is C25H39N7O7S. The van der Waals surface area contributed by atoms with Crippen molar-refractivity contribution < 1.29 is 28.9 Å². The Bertz CT molecular complexity index is 1080.